The van der Waals surface area contributed by atoms with Gasteiger partial charge in [-0.25, -0.2) is 9.80 Å². The largest absolute Gasteiger partial charge is 0.466 e. The maximum atomic E-state index is 12.2. The van der Waals surface area contributed by atoms with Crippen LogP contribution in [0.5, 0.6) is 0 Å². The highest BCUT2D eigenvalue weighted by molar-refractivity contribution is 6.04. The maximum Gasteiger partial charge on any atom is 0.345 e. The number of rotatable bonds is 12. The van der Waals surface area contributed by atoms with E-state index in [2.05, 4.69) is 10.4 Å². The van der Waals surface area contributed by atoms with Crippen molar-refractivity contribution in [3.05, 3.63) is 35.9 Å². The van der Waals surface area contributed by atoms with Gasteiger partial charge in [-0.3, -0.25) is 19.7 Å². The number of hydrogen-bond donors (Lipinski definition) is 1. The fourth-order valence-electron chi connectivity index (χ4n) is 3.22. The van der Waals surface area contributed by atoms with Crippen molar-refractivity contribution in [3.8, 4) is 0 Å². The first-order valence-electron chi connectivity index (χ1n) is 10.5. The van der Waals surface area contributed by atoms with Crippen molar-refractivity contribution in [2.45, 2.75) is 64.5 Å². The summed E-state index contributed by atoms with van der Waals surface area (Å²) < 4.78 is 10.2. The fourth-order valence-corrected chi connectivity index (χ4v) is 3.22. The molecule has 1 aromatic rings. The Morgan fingerprint density at radius 3 is 2.55 bits per heavy atom. The molecule has 1 heterocycles. The second-order valence-corrected chi connectivity index (χ2v) is 7.12. The molecule has 0 bridgehead atoms. The van der Waals surface area contributed by atoms with Crippen molar-refractivity contribution < 1.29 is 28.7 Å². The van der Waals surface area contributed by atoms with Gasteiger partial charge in [0, 0.05) is 13.3 Å². The number of ether oxygens (including phenoxy) is 2. The van der Waals surface area contributed by atoms with Gasteiger partial charge in [0.05, 0.1) is 12.8 Å². The number of nitrogens with zero attached hydrogens (tertiary/aromatic N) is 2. The molecule has 0 radical (unpaired) electrons. The zero-order valence-electron chi connectivity index (χ0n) is 17.9. The molecule has 1 saturated heterocycles. The molecule has 9 nitrogen and oxygen atoms in total. The topological polar surface area (TPSA) is 114 Å². The van der Waals surface area contributed by atoms with Crippen LogP contribution >= 0.6 is 0 Å². The summed E-state index contributed by atoms with van der Waals surface area (Å²) in [5.74, 6) is -1.09. The monoisotopic (exact) mass is 431 g/mol. The molecule has 1 aromatic carbocycles. The number of benzene rings is 1. The van der Waals surface area contributed by atoms with E-state index in [9.17, 15) is 19.2 Å². The average molecular weight is 431 g/mol. The van der Waals surface area contributed by atoms with Gasteiger partial charge in [0.25, 0.3) is 5.91 Å². The van der Waals surface area contributed by atoms with Crippen molar-refractivity contribution in [1.82, 2.24) is 10.3 Å². The number of unbranched alkanes of at least 4 members (excludes halogenated alkanes) is 3. The minimum absolute atomic E-state index is 0.204. The number of hydrazone groups is 1. The third-order valence-corrected chi connectivity index (χ3v) is 4.70. The van der Waals surface area contributed by atoms with E-state index in [4.69, 9.17) is 9.47 Å². The molecule has 0 spiro atoms. The van der Waals surface area contributed by atoms with E-state index < -0.39 is 30.1 Å². The minimum atomic E-state index is -0.772. The molecule has 0 saturated carbocycles. The highest BCUT2D eigenvalue weighted by Gasteiger charge is 2.38. The Morgan fingerprint density at radius 1 is 1.16 bits per heavy atom. The normalized spacial score (nSPS) is 17.0. The molecular weight excluding hydrogens is 402 g/mol. The quantitative estimate of drug-likeness (QED) is 0.235. The van der Waals surface area contributed by atoms with Gasteiger partial charge in [0.1, 0.15) is 6.04 Å². The van der Waals surface area contributed by atoms with Crippen LogP contribution in [0.1, 0.15) is 64.0 Å². The van der Waals surface area contributed by atoms with Crippen LogP contribution in [0.25, 0.3) is 0 Å². The number of imide groups is 1. The second kappa shape index (κ2) is 12.5. The Balaban J connectivity index is 1.91. The number of nitrogens with one attached hydrogen (secondary N) is 1. The molecule has 2 atom stereocenters. The van der Waals surface area contributed by atoms with Crippen LogP contribution in [-0.2, 0) is 23.9 Å². The molecular formula is C22H29N3O6. The van der Waals surface area contributed by atoms with Crippen molar-refractivity contribution in [2.75, 3.05) is 6.61 Å². The first kappa shape index (κ1) is 24.0. The Hall–Kier alpha value is -3.23. The summed E-state index contributed by atoms with van der Waals surface area (Å²) in [7, 11) is 0. The van der Waals surface area contributed by atoms with Gasteiger partial charge in [-0.15, -0.1) is 0 Å². The maximum absolute atomic E-state index is 12.2. The van der Waals surface area contributed by atoms with E-state index in [0.29, 0.717) is 31.4 Å². The van der Waals surface area contributed by atoms with Crippen LogP contribution in [-0.4, -0.2) is 47.7 Å². The zero-order valence-corrected chi connectivity index (χ0v) is 17.9. The first-order valence-corrected chi connectivity index (χ1v) is 10.5. The van der Waals surface area contributed by atoms with Gasteiger partial charge >= 0.3 is 18.0 Å². The van der Waals surface area contributed by atoms with E-state index in [0.717, 1.165) is 24.3 Å². The molecule has 9 heteroatoms. The Kier molecular flexibility index (Phi) is 9.67. The zero-order chi connectivity index (χ0) is 22.6. The summed E-state index contributed by atoms with van der Waals surface area (Å²) in [5, 5.41) is 7.53. The molecule has 0 aliphatic carbocycles. The van der Waals surface area contributed by atoms with Crippen LogP contribution in [0.4, 0.5) is 4.79 Å². The third kappa shape index (κ3) is 7.84. The van der Waals surface area contributed by atoms with E-state index in [-0.39, 0.29) is 5.97 Å². The number of carbonyl (C=O) groups excluding carboxylic acids is 4. The molecule has 1 aliphatic heterocycles. The van der Waals surface area contributed by atoms with Gasteiger partial charge in [0.2, 0.25) is 0 Å². The lowest BCUT2D eigenvalue weighted by Gasteiger charge is -2.18. The van der Waals surface area contributed by atoms with Crippen molar-refractivity contribution in [1.29, 1.82) is 0 Å². The molecule has 168 valence electrons. The first-order chi connectivity index (χ1) is 14.9. The predicted octanol–water partition coefficient (Wildman–Crippen LogP) is 3.10. The lowest BCUT2D eigenvalue weighted by molar-refractivity contribution is -0.144. The van der Waals surface area contributed by atoms with E-state index in [1.165, 1.54) is 13.1 Å². The third-order valence-electron chi connectivity index (χ3n) is 4.70. The molecule has 2 unspecified atom stereocenters. The summed E-state index contributed by atoms with van der Waals surface area (Å²) in [6.07, 6.45) is 4.46. The molecule has 31 heavy (non-hydrogen) atoms. The van der Waals surface area contributed by atoms with Crippen LogP contribution in [0.2, 0.25) is 0 Å². The lowest BCUT2D eigenvalue weighted by atomic mass is 10.1. The van der Waals surface area contributed by atoms with E-state index in [1.54, 1.807) is 31.2 Å². The lowest BCUT2D eigenvalue weighted by Crippen LogP contribution is -2.31. The SMILES string of the molecule is CCOC(=O)CCCCCCC1C(=O)NC(=O)N1N=CC(OC(C)=O)c1ccccc1. The molecule has 1 aliphatic rings. The average Bonchev–Trinajstić information content (AvgIpc) is 3.00. The molecule has 2 rings (SSSR count). The highest BCUT2D eigenvalue weighted by Crippen LogP contribution is 2.20. The summed E-state index contributed by atoms with van der Waals surface area (Å²) in [4.78, 5) is 47.1. The number of hydrogen-bond acceptors (Lipinski definition) is 7. The Morgan fingerprint density at radius 2 is 1.87 bits per heavy atom. The van der Waals surface area contributed by atoms with Crippen LogP contribution in [0, 0.1) is 0 Å². The fraction of sp³-hybridized carbons (Fsp3) is 0.500. The van der Waals surface area contributed by atoms with Crippen molar-refractivity contribution in [2.24, 2.45) is 5.10 Å². The number of esters is 2. The number of amides is 3. The molecule has 1 N–H and O–H groups in total. The van der Waals surface area contributed by atoms with E-state index >= 15 is 0 Å². The van der Waals surface area contributed by atoms with Crippen LogP contribution in [0.3, 0.4) is 0 Å². The van der Waals surface area contributed by atoms with Gasteiger partial charge in [-0.2, -0.15) is 5.10 Å². The van der Waals surface area contributed by atoms with Crippen LogP contribution in [0.15, 0.2) is 35.4 Å². The van der Waals surface area contributed by atoms with Gasteiger partial charge in [-0.1, -0.05) is 49.6 Å². The highest BCUT2D eigenvalue weighted by atomic mass is 16.5. The van der Waals surface area contributed by atoms with Crippen molar-refractivity contribution >= 4 is 30.1 Å². The summed E-state index contributed by atoms with van der Waals surface area (Å²) in [6, 6.07) is 7.67. The smallest absolute Gasteiger partial charge is 0.345 e. The molecule has 0 aromatic heterocycles. The number of carbonyl (C=O) groups is 4. The van der Waals surface area contributed by atoms with Crippen molar-refractivity contribution in [3.63, 3.8) is 0 Å². The summed E-state index contributed by atoms with van der Waals surface area (Å²) in [6.45, 7) is 3.44. The Bertz CT molecular complexity index is 796. The summed E-state index contributed by atoms with van der Waals surface area (Å²) >= 11 is 0. The van der Waals surface area contributed by atoms with Gasteiger partial charge in [-0.05, 0) is 25.3 Å². The van der Waals surface area contributed by atoms with Gasteiger partial charge in [0.15, 0.2) is 6.10 Å². The standard InChI is InChI=1S/C22H29N3O6/c1-3-30-20(27)14-10-5-4-9-13-18-21(28)24-22(29)25(18)23-15-19(31-16(2)26)17-11-7-6-8-12-17/h6-8,11-12,15,18-19H,3-5,9-10,13-14H2,1-2H3,(H,24,28,29). The molecule has 1 fully saturated rings. The van der Waals surface area contributed by atoms with E-state index in [1.807, 2.05) is 6.07 Å². The van der Waals surface area contributed by atoms with Gasteiger partial charge < -0.3 is 9.47 Å². The van der Waals surface area contributed by atoms with Crippen LogP contribution < -0.4 is 5.32 Å². The summed E-state index contributed by atoms with van der Waals surface area (Å²) in [5.41, 5.74) is 0.700. The molecule has 3 amide bonds. The minimum Gasteiger partial charge on any atom is -0.466 e. The second-order valence-electron chi connectivity index (χ2n) is 7.12. The predicted molar refractivity (Wildman–Crippen MR) is 113 cm³/mol. The Labute approximate surface area is 181 Å². The number of urea groups is 1.